The van der Waals surface area contributed by atoms with E-state index in [1.165, 1.54) is 0 Å². The highest BCUT2D eigenvalue weighted by Gasteiger charge is 2.24. The summed E-state index contributed by atoms with van der Waals surface area (Å²) in [6.45, 7) is 4.33. The van der Waals surface area contributed by atoms with Crippen LogP contribution in [0, 0.1) is 0 Å². The van der Waals surface area contributed by atoms with Gasteiger partial charge in [0.2, 0.25) is 0 Å². The molecule has 0 bridgehead atoms. The van der Waals surface area contributed by atoms with E-state index in [0.29, 0.717) is 13.2 Å². The predicted molar refractivity (Wildman–Crippen MR) is 113 cm³/mol. The topological polar surface area (TPSA) is 100 Å². The number of imidazole rings is 1. The van der Waals surface area contributed by atoms with Crippen molar-refractivity contribution in [2.24, 2.45) is 0 Å². The molecule has 0 aliphatic carbocycles. The lowest BCUT2D eigenvalue weighted by Gasteiger charge is -2.34. The molecule has 0 amide bonds. The number of pyridine rings is 1. The number of hydrogen-bond acceptors (Lipinski definition) is 6. The van der Waals surface area contributed by atoms with Crippen molar-refractivity contribution in [2.75, 3.05) is 24.7 Å². The minimum atomic E-state index is 0.236. The van der Waals surface area contributed by atoms with Gasteiger partial charge in [-0.25, -0.2) is 14.5 Å². The van der Waals surface area contributed by atoms with Gasteiger partial charge in [0.1, 0.15) is 11.3 Å². The van der Waals surface area contributed by atoms with Crippen molar-refractivity contribution in [3.8, 4) is 22.6 Å². The Morgan fingerprint density at radius 1 is 1.13 bits per heavy atom. The third-order valence-corrected chi connectivity index (χ3v) is 5.64. The molecular weight excluding hydrogens is 380 g/mol. The summed E-state index contributed by atoms with van der Waals surface area (Å²) in [6.07, 6.45) is 7.33. The summed E-state index contributed by atoms with van der Waals surface area (Å²) < 4.78 is 7.54. The predicted octanol–water partition coefficient (Wildman–Crippen LogP) is 2.89. The molecule has 1 fully saturated rings. The molecule has 6 rings (SSSR count). The molecule has 0 radical (unpaired) electrons. The third-order valence-electron chi connectivity index (χ3n) is 5.64. The van der Waals surface area contributed by atoms with E-state index in [1.807, 2.05) is 35.2 Å². The Hall–Kier alpha value is -3.72. The van der Waals surface area contributed by atoms with Crippen LogP contribution < -0.4 is 4.90 Å². The molecule has 0 aromatic carbocycles. The number of fused-ring (bicyclic) bond motifs is 2. The molecule has 2 N–H and O–H groups in total. The highest BCUT2D eigenvalue weighted by molar-refractivity contribution is 5.98. The van der Waals surface area contributed by atoms with E-state index >= 15 is 0 Å². The van der Waals surface area contributed by atoms with Crippen LogP contribution in [0.3, 0.4) is 0 Å². The van der Waals surface area contributed by atoms with Crippen LogP contribution in [0.2, 0.25) is 0 Å². The molecule has 1 aliphatic rings. The molecule has 9 nitrogen and oxygen atoms in total. The Morgan fingerprint density at radius 3 is 2.97 bits per heavy atom. The van der Waals surface area contributed by atoms with Gasteiger partial charge in [0, 0.05) is 36.1 Å². The smallest absolute Gasteiger partial charge is 0.179 e. The zero-order valence-corrected chi connectivity index (χ0v) is 16.4. The van der Waals surface area contributed by atoms with Crippen molar-refractivity contribution >= 4 is 22.4 Å². The first-order chi connectivity index (χ1) is 14.8. The van der Waals surface area contributed by atoms with Crippen molar-refractivity contribution in [1.29, 1.82) is 0 Å². The number of ether oxygens (including phenoxy) is 1. The average molecular weight is 400 g/mol. The molecule has 1 unspecified atom stereocenters. The van der Waals surface area contributed by atoms with Crippen LogP contribution in [0.25, 0.3) is 39.2 Å². The summed E-state index contributed by atoms with van der Waals surface area (Å²) in [6, 6.07) is 8.38. The average Bonchev–Trinajstić information content (AvgIpc) is 3.52. The second-order valence-electron chi connectivity index (χ2n) is 7.48. The van der Waals surface area contributed by atoms with Gasteiger partial charge in [-0.2, -0.15) is 5.10 Å². The fourth-order valence-corrected chi connectivity index (χ4v) is 4.15. The van der Waals surface area contributed by atoms with Crippen molar-refractivity contribution in [2.45, 2.75) is 13.0 Å². The number of aromatic amines is 2. The lowest BCUT2D eigenvalue weighted by Crippen LogP contribution is -2.44. The lowest BCUT2D eigenvalue weighted by molar-refractivity contribution is 0.0984. The first-order valence-corrected chi connectivity index (χ1v) is 9.95. The van der Waals surface area contributed by atoms with Gasteiger partial charge in [-0.15, -0.1) is 5.10 Å². The second kappa shape index (κ2) is 6.67. The van der Waals surface area contributed by atoms with E-state index < -0.39 is 0 Å². The van der Waals surface area contributed by atoms with Crippen molar-refractivity contribution in [3.05, 3.63) is 49.1 Å². The summed E-state index contributed by atoms with van der Waals surface area (Å²) in [4.78, 5) is 14.6. The number of nitrogens with zero attached hydrogens (tertiary/aromatic N) is 6. The first-order valence-electron chi connectivity index (χ1n) is 9.95. The van der Waals surface area contributed by atoms with E-state index in [0.717, 1.165) is 51.6 Å². The number of H-pyrrole nitrogens is 2. The Kier molecular flexibility index (Phi) is 3.81. The molecule has 150 valence electrons. The SMILES string of the molecule is CC1COCCN1c1cc(-c2ccnc3[nH]ccc23)c2cnc(-c3ccn[nH]3)n2n1. The van der Waals surface area contributed by atoms with Gasteiger partial charge in [0.05, 0.1) is 31.0 Å². The van der Waals surface area contributed by atoms with E-state index in [9.17, 15) is 0 Å². The number of nitrogens with one attached hydrogen (secondary N) is 2. The van der Waals surface area contributed by atoms with Crippen molar-refractivity contribution in [1.82, 2.24) is 34.8 Å². The molecule has 5 aromatic heterocycles. The molecule has 1 atom stereocenters. The molecule has 1 saturated heterocycles. The molecule has 6 heterocycles. The van der Waals surface area contributed by atoms with E-state index in [2.05, 4.69) is 49.1 Å². The minimum Gasteiger partial charge on any atom is -0.377 e. The maximum Gasteiger partial charge on any atom is 0.179 e. The van der Waals surface area contributed by atoms with Gasteiger partial charge in [0.25, 0.3) is 0 Å². The van der Waals surface area contributed by atoms with E-state index in [-0.39, 0.29) is 6.04 Å². The number of morpholine rings is 1. The normalized spacial score (nSPS) is 17.2. The van der Waals surface area contributed by atoms with Gasteiger partial charge < -0.3 is 14.6 Å². The van der Waals surface area contributed by atoms with Crippen LogP contribution >= 0.6 is 0 Å². The van der Waals surface area contributed by atoms with Crippen LogP contribution in [-0.2, 0) is 4.74 Å². The van der Waals surface area contributed by atoms with E-state index in [4.69, 9.17) is 9.84 Å². The largest absolute Gasteiger partial charge is 0.377 e. The third kappa shape index (κ3) is 2.59. The zero-order valence-electron chi connectivity index (χ0n) is 16.4. The number of anilines is 1. The number of hydrogen-bond donors (Lipinski definition) is 2. The summed E-state index contributed by atoms with van der Waals surface area (Å²) in [5, 5.41) is 13.1. The van der Waals surface area contributed by atoms with Gasteiger partial charge in [-0.1, -0.05) is 0 Å². The lowest BCUT2D eigenvalue weighted by atomic mass is 10.0. The molecule has 30 heavy (non-hydrogen) atoms. The Labute approximate surface area is 171 Å². The molecule has 5 aromatic rings. The van der Waals surface area contributed by atoms with Crippen LogP contribution in [0.4, 0.5) is 5.82 Å². The fourth-order valence-electron chi connectivity index (χ4n) is 4.15. The minimum absolute atomic E-state index is 0.236. The fraction of sp³-hybridized carbons (Fsp3) is 0.238. The first kappa shape index (κ1) is 17.2. The molecular formula is C21H20N8O. The Morgan fingerprint density at radius 2 is 2.10 bits per heavy atom. The van der Waals surface area contributed by atoms with Crippen LogP contribution in [0.15, 0.2) is 49.1 Å². The molecule has 1 aliphatic heterocycles. The van der Waals surface area contributed by atoms with Gasteiger partial charge in [0.15, 0.2) is 11.6 Å². The standard InChI is InChI=1S/C21H20N8O/c1-13-12-30-9-8-28(13)19-10-16(14-2-5-22-20-15(14)3-6-23-20)18-11-24-21(29(18)27-19)17-4-7-25-26-17/h2-7,10-11,13H,8-9,12H2,1H3,(H,22,23)(H,25,26). The maximum absolute atomic E-state index is 5.64. The van der Waals surface area contributed by atoms with Crippen LogP contribution in [-0.4, -0.2) is 60.6 Å². The Balaban J connectivity index is 1.64. The summed E-state index contributed by atoms with van der Waals surface area (Å²) in [5.41, 5.74) is 4.76. The highest BCUT2D eigenvalue weighted by Crippen LogP contribution is 2.34. The number of rotatable bonds is 3. The summed E-state index contributed by atoms with van der Waals surface area (Å²) >= 11 is 0. The summed E-state index contributed by atoms with van der Waals surface area (Å²) in [7, 11) is 0. The van der Waals surface area contributed by atoms with Crippen molar-refractivity contribution < 1.29 is 4.74 Å². The number of aromatic nitrogens is 7. The second-order valence-corrected chi connectivity index (χ2v) is 7.48. The molecule has 0 saturated carbocycles. The summed E-state index contributed by atoms with van der Waals surface area (Å²) in [5.74, 6) is 1.62. The maximum atomic E-state index is 5.64. The van der Waals surface area contributed by atoms with Crippen LogP contribution in [0.1, 0.15) is 6.92 Å². The van der Waals surface area contributed by atoms with Crippen LogP contribution in [0.5, 0.6) is 0 Å². The van der Waals surface area contributed by atoms with Gasteiger partial charge >= 0.3 is 0 Å². The van der Waals surface area contributed by atoms with E-state index in [1.54, 1.807) is 6.20 Å². The quantitative estimate of drug-likeness (QED) is 0.483. The van der Waals surface area contributed by atoms with Gasteiger partial charge in [-0.3, -0.25) is 5.10 Å². The molecule has 9 heteroatoms. The highest BCUT2D eigenvalue weighted by atomic mass is 16.5. The monoisotopic (exact) mass is 400 g/mol. The zero-order chi connectivity index (χ0) is 20.1. The van der Waals surface area contributed by atoms with Gasteiger partial charge in [-0.05, 0) is 36.8 Å². The Bertz CT molecular complexity index is 1340. The molecule has 0 spiro atoms. The van der Waals surface area contributed by atoms with Crippen molar-refractivity contribution in [3.63, 3.8) is 0 Å².